The van der Waals surface area contributed by atoms with Crippen molar-refractivity contribution in [3.63, 3.8) is 0 Å². The zero-order valence-corrected chi connectivity index (χ0v) is 14.0. The molecule has 1 saturated carbocycles. The maximum absolute atomic E-state index is 12.6. The van der Waals surface area contributed by atoms with E-state index in [9.17, 15) is 8.42 Å². The maximum Gasteiger partial charge on any atom is 0.240 e. The first-order valence-corrected chi connectivity index (χ1v) is 9.21. The van der Waals surface area contributed by atoms with Crippen molar-refractivity contribution in [1.29, 1.82) is 0 Å². The SMILES string of the molecule is CCc1ccc(CNC)cc1S(=O)(=O)NCC1(CC)CC1. The van der Waals surface area contributed by atoms with E-state index in [1.54, 1.807) is 6.07 Å². The molecule has 1 aromatic carbocycles. The van der Waals surface area contributed by atoms with Gasteiger partial charge in [0.05, 0.1) is 4.90 Å². The topological polar surface area (TPSA) is 58.2 Å². The van der Waals surface area contributed by atoms with Crippen LogP contribution in [0.15, 0.2) is 23.1 Å². The summed E-state index contributed by atoms with van der Waals surface area (Å²) in [6.45, 7) is 5.35. The monoisotopic (exact) mass is 310 g/mol. The molecule has 1 fully saturated rings. The second-order valence-electron chi connectivity index (χ2n) is 6.00. The van der Waals surface area contributed by atoms with Gasteiger partial charge in [0.2, 0.25) is 10.0 Å². The quantitative estimate of drug-likeness (QED) is 0.775. The molecule has 0 bridgehead atoms. The highest BCUT2D eigenvalue weighted by Crippen LogP contribution is 2.48. The van der Waals surface area contributed by atoms with Gasteiger partial charge in [0.1, 0.15) is 0 Å². The predicted octanol–water partition coefficient (Wildman–Crippen LogP) is 2.44. The van der Waals surface area contributed by atoms with Gasteiger partial charge in [-0.05, 0) is 55.3 Å². The number of aryl methyl sites for hydroxylation is 1. The smallest absolute Gasteiger partial charge is 0.240 e. The minimum absolute atomic E-state index is 0.210. The molecule has 0 saturated heterocycles. The highest BCUT2D eigenvalue weighted by atomic mass is 32.2. The minimum Gasteiger partial charge on any atom is -0.316 e. The number of nitrogens with one attached hydrogen (secondary N) is 2. The van der Waals surface area contributed by atoms with Crippen LogP contribution in [0.4, 0.5) is 0 Å². The average Bonchev–Trinajstić information content (AvgIpc) is 3.26. The number of hydrogen-bond donors (Lipinski definition) is 2. The summed E-state index contributed by atoms with van der Waals surface area (Å²) in [4.78, 5) is 0.435. The van der Waals surface area contributed by atoms with Gasteiger partial charge in [-0.3, -0.25) is 0 Å². The fourth-order valence-electron chi connectivity index (χ4n) is 2.61. The lowest BCUT2D eigenvalue weighted by molar-refractivity contribution is 0.475. The fourth-order valence-corrected chi connectivity index (χ4v) is 4.13. The van der Waals surface area contributed by atoms with Crippen molar-refractivity contribution in [2.45, 2.75) is 51.0 Å². The summed E-state index contributed by atoms with van der Waals surface area (Å²) in [6, 6.07) is 5.71. The summed E-state index contributed by atoms with van der Waals surface area (Å²) in [7, 11) is -1.57. The van der Waals surface area contributed by atoms with Crippen molar-refractivity contribution in [3.8, 4) is 0 Å². The molecule has 0 aliphatic heterocycles. The van der Waals surface area contributed by atoms with Gasteiger partial charge >= 0.3 is 0 Å². The lowest BCUT2D eigenvalue weighted by atomic mass is 10.1. The molecular weight excluding hydrogens is 284 g/mol. The van der Waals surface area contributed by atoms with Crippen molar-refractivity contribution in [2.24, 2.45) is 5.41 Å². The van der Waals surface area contributed by atoms with Gasteiger partial charge in [0, 0.05) is 13.1 Å². The van der Waals surface area contributed by atoms with Gasteiger partial charge < -0.3 is 5.32 Å². The van der Waals surface area contributed by atoms with Gasteiger partial charge in [0.15, 0.2) is 0 Å². The Bertz CT molecular complexity index is 592. The minimum atomic E-state index is -3.42. The second kappa shape index (κ2) is 6.46. The molecule has 0 aromatic heterocycles. The van der Waals surface area contributed by atoms with Crippen LogP contribution in [0.1, 0.15) is 44.2 Å². The molecule has 0 amide bonds. The first kappa shape index (κ1) is 16.5. The van der Waals surface area contributed by atoms with Crippen molar-refractivity contribution in [1.82, 2.24) is 10.0 Å². The molecular formula is C16H26N2O2S. The first-order valence-electron chi connectivity index (χ1n) is 7.72. The van der Waals surface area contributed by atoms with E-state index in [-0.39, 0.29) is 5.41 Å². The van der Waals surface area contributed by atoms with Crippen molar-refractivity contribution in [2.75, 3.05) is 13.6 Å². The average molecular weight is 310 g/mol. The summed E-state index contributed by atoms with van der Waals surface area (Å²) < 4.78 is 28.1. The molecule has 0 heterocycles. The van der Waals surface area contributed by atoms with Gasteiger partial charge in [-0.1, -0.05) is 26.0 Å². The van der Waals surface area contributed by atoms with E-state index >= 15 is 0 Å². The molecule has 1 aliphatic carbocycles. The van der Waals surface area contributed by atoms with E-state index in [1.165, 1.54) is 0 Å². The molecule has 4 nitrogen and oxygen atoms in total. The van der Waals surface area contributed by atoms with Crippen LogP contribution in [0.25, 0.3) is 0 Å². The van der Waals surface area contributed by atoms with E-state index in [0.29, 0.717) is 18.0 Å². The highest BCUT2D eigenvalue weighted by Gasteiger charge is 2.41. The largest absolute Gasteiger partial charge is 0.316 e. The molecule has 0 radical (unpaired) electrons. The Morgan fingerprint density at radius 1 is 1.24 bits per heavy atom. The molecule has 2 N–H and O–H groups in total. The van der Waals surface area contributed by atoms with Crippen LogP contribution in [0.2, 0.25) is 0 Å². The molecule has 21 heavy (non-hydrogen) atoms. The third-order valence-electron chi connectivity index (χ3n) is 4.53. The number of sulfonamides is 1. The van der Waals surface area contributed by atoms with Gasteiger partial charge in [0.25, 0.3) is 0 Å². The Morgan fingerprint density at radius 2 is 1.95 bits per heavy atom. The summed E-state index contributed by atoms with van der Waals surface area (Å²) in [5.41, 5.74) is 2.08. The number of rotatable bonds is 8. The van der Waals surface area contributed by atoms with Gasteiger partial charge in [-0.25, -0.2) is 13.1 Å². The molecule has 118 valence electrons. The third kappa shape index (κ3) is 3.84. The van der Waals surface area contributed by atoms with Crippen molar-refractivity contribution >= 4 is 10.0 Å². The van der Waals surface area contributed by atoms with E-state index in [4.69, 9.17) is 0 Å². The summed E-state index contributed by atoms with van der Waals surface area (Å²) >= 11 is 0. The standard InChI is InChI=1S/C16H26N2O2S/c1-4-14-7-6-13(11-17-3)10-15(14)21(19,20)18-12-16(5-2)8-9-16/h6-7,10,17-18H,4-5,8-9,11-12H2,1-3H3. The normalized spacial score (nSPS) is 16.9. The molecule has 1 aliphatic rings. The molecule has 1 aromatic rings. The van der Waals surface area contributed by atoms with Crippen LogP contribution in [0.5, 0.6) is 0 Å². The van der Waals surface area contributed by atoms with Gasteiger partial charge in [-0.15, -0.1) is 0 Å². The zero-order chi connectivity index (χ0) is 15.5. The lowest BCUT2D eigenvalue weighted by Gasteiger charge is -2.16. The van der Waals surface area contributed by atoms with Crippen molar-refractivity contribution < 1.29 is 8.42 Å². The van der Waals surface area contributed by atoms with Crippen LogP contribution in [-0.4, -0.2) is 22.0 Å². The molecule has 5 heteroatoms. The first-order chi connectivity index (χ1) is 9.96. The molecule has 0 unspecified atom stereocenters. The Hall–Kier alpha value is -0.910. The number of benzene rings is 1. The van der Waals surface area contributed by atoms with Crippen LogP contribution in [0.3, 0.4) is 0 Å². The van der Waals surface area contributed by atoms with Crippen LogP contribution >= 0.6 is 0 Å². The van der Waals surface area contributed by atoms with E-state index in [1.807, 2.05) is 26.1 Å². The predicted molar refractivity (Wildman–Crippen MR) is 85.7 cm³/mol. The highest BCUT2D eigenvalue weighted by molar-refractivity contribution is 7.89. The number of hydrogen-bond acceptors (Lipinski definition) is 3. The third-order valence-corrected chi connectivity index (χ3v) is 6.01. The van der Waals surface area contributed by atoms with Crippen LogP contribution in [-0.2, 0) is 23.0 Å². The Kier molecular flexibility index (Phi) is 5.07. The maximum atomic E-state index is 12.6. The van der Waals surface area contributed by atoms with Crippen LogP contribution in [0, 0.1) is 5.41 Å². The Morgan fingerprint density at radius 3 is 2.48 bits per heavy atom. The summed E-state index contributed by atoms with van der Waals surface area (Å²) in [5.74, 6) is 0. The summed E-state index contributed by atoms with van der Waals surface area (Å²) in [6.07, 6.45) is 4.02. The Labute approximate surface area is 128 Å². The molecule has 2 rings (SSSR count). The fraction of sp³-hybridized carbons (Fsp3) is 0.625. The van der Waals surface area contributed by atoms with E-state index in [0.717, 1.165) is 36.8 Å². The Balaban J connectivity index is 2.22. The van der Waals surface area contributed by atoms with Crippen LogP contribution < -0.4 is 10.0 Å². The van der Waals surface area contributed by atoms with Gasteiger partial charge in [-0.2, -0.15) is 0 Å². The summed E-state index contributed by atoms with van der Waals surface area (Å²) in [5, 5.41) is 3.06. The van der Waals surface area contributed by atoms with E-state index in [2.05, 4.69) is 17.0 Å². The second-order valence-corrected chi connectivity index (χ2v) is 7.74. The lowest BCUT2D eigenvalue weighted by Crippen LogP contribution is -2.30. The zero-order valence-electron chi connectivity index (χ0n) is 13.2. The molecule has 0 atom stereocenters. The van der Waals surface area contributed by atoms with E-state index < -0.39 is 10.0 Å². The van der Waals surface area contributed by atoms with Crippen molar-refractivity contribution in [3.05, 3.63) is 29.3 Å². The molecule has 0 spiro atoms.